The number of hydrogen-bond acceptors (Lipinski definition) is 2. The highest BCUT2D eigenvalue weighted by molar-refractivity contribution is 7.25. The fourth-order valence-corrected chi connectivity index (χ4v) is 6.62. The summed E-state index contributed by atoms with van der Waals surface area (Å²) in [6, 6.07) is 35.0. The number of H-pyrrole nitrogens is 1. The second kappa shape index (κ2) is 6.66. The molecule has 0 aliphatic heterocycles. The van der Waals surface area contributed by atoms with Crippen molar-refractivity contribution in [2.24, 2.45) is 0 Å². The molecule has 8 rings (SSSR count). The Bertz CT molecular complexity index is 2060. The van der Waals surface area contributed by atoms with Crippen LogP contribution in [0.2, 0.25) is 0 Å². The third-order valence-electron chi connectivity index (χ3n) is 7.03. The van der Waals surface area contributed by atoms with Crippen molar-refractivity contribution < 1.29 is 0 Å². The summed E-state index contributed by atoms with van der Waals surface area (Å²) < 4.78 is 2.61. The fourth-order valence-electron chi connectivity index (χ4n) is 5.51. The Morgan fingerprint density at radius 3 is 2.12 bits per heavy atom. The topological polar surface area (TPSA) is 28.7 Å². The smallest absolute Gasteiger partial charge is 0.0702 e. The summed E-state index contributed by atoms with van der Waals surface area (Å²) in [6.07, 6.45) is 1.86. The van der Waals surface area contributed by atoms with Crippen LogP contribution in [0.15, 0.2) is 103 Å². The molecule has 0 saturated carbocycles. The molecule has 3 aromatic heterocycles. The van der Waals surface area contributed by atoms with Gasteiger partial charge in [-0.15, -0.1) is 11.3 Å². The highest BCUT2D eigenvalue weighted by Gasteiger charge is 2.16. The van der Waals surface area contributed by atoms with E-state index in [0.29, 0.717) is 0 Å². The number of fused-ring (bicyclic) bond motifs is 11. The number of pyridine rings is 1. The van der Waals surface area contributed by atoms with Crippen molar-refractivity contribution >= 4 is 74.9 Å². The van der Waals surface area contributed by atoms with Crippen LogP contribution < -0.4 is 0 Å². The molecule has 3 heteroatoms. The zero-order valence-corrected chi connectivity index (χ0v) is 19.0. The first-order valence-electron chi connectivity index (χ1n) is 11.5. The summed E-state index contributed by atoms with van der Waals surface area (Å²) in [7, 11) is 0. The predicted octanol–water partition coefficient (Wildman–Crippen LogP) is 9.06. The lowest BCUT2D eigenvalue weighted by atomic mass is 9.96. The van der Waals surface area contributed by atoms with Crippen molar-refractivity contribution in [3.05, 3.63) is 103 Å². The molecule has 0 saturated heterocycles. The van der Waals surface area contributed by atoms with Gasteiger partial charge in [-0.05, 0) is 52.6 Å². The first-order valence-corrected chi connectivity index (χ1v) is 12.3. The van der Waals surface area contributed by atoms with E-state index in [1.807, 2.05) is 29.7 Å². The Morgan fingerprint density at radius 2 is 1.29 bits per heavy atom. The average Bonchev–Trinajstić information content (AvgIpc) is 3.45. The van der Waals surface area contributed by atoms with E-state index in [0.717, 1.165) is 11.3 Å². The van der Waals surface area contributed by atoms with Gasteiger partial charge in [-0.3, -0.25) is 4.98 Å². The molecule has 2 nitrogen and oxygen atoms in total. The van der Waals surface area contributed by atoms with Crippen molar-refractivity contribution in [2.75, 3.05) is 0 Å². The van der Waals surface area contributed by atoms with Crippen LogP contribution in [-0.4, -0.2) is 9.97 Å². The Kier molecular flexibility index (Phi) is 3.57. The number of benzene rings is 5. The van der Waals surface area contributed by atoms with Crippen molar-refractivity contribution in [3.8, 4) is 11.3 Å². The summed E-state index contributed by atoms with van der Waals surface area (Å²) >= 11 is 1.86. The molecule has 158 valence electrons. The zero-order chi connectivity index (χ0) is 22.2. The highest BCUT2D eigenvalue weighted by Crippen LogP contribution is 2.43. The zero-order valence-electron chi connectivity index (χ0n) is 18.2. The van der Waals surface area contributed by atoms with Gasteiger partial charge in [-0.2, -0.15) is 0 Å². The minimum atomic E-state index is 1.01. The Hall–Kier alpha value is -4.21. The molecule has 0 aliphatic rings. The molecule has 0 bridgehead atoms. The minimum absolute atomic E-state index is 1.01. The minimum Gasteiger partial charge on any atom is -0.354 e. The molecule has 0 fully saturated rings. The summed E-state index contributed by atoms with van der Waals surface area (Å²) in [5, 5.41) is 10.4. The summed E-state index contributed by atoms with van der Waals surface area (Å²) in [5.41, 5.74) is 4.58. The van der Waals surface area contributed by atoms with Crippen LogP contribution in [0.25, 0.3) is 74.8 Å². The number of hydrogen-bond donors (Lipinski definition) is 1. The van der Waals surface area contributed by atoms with Gasteiger partial charge in [0.05, 0.1) is 11.2 Å². The van der Waals surface area contributed by atoms with Gasteiger partial charge >= 0.3 is 0 Å². The molecular weight excluding hydrogens is 432 g/mol. The Labute approximate surface area is 199 Å². The van der Waals surface area contributed by atoms with Crippen LogP contribution in [-0.2, 0) is 0 Å². The molecule has 0 aliphatic carbocycles. The number of thiophene rings is 1. The van der Waals surface area contributed by atoms with E-state index in [1.165, 1.54) is 63.5 Å². The van der Waals surface area contributed by atoms with Gasteiger partial charge < -0.3 is 4.98 Å². The highest BCUT2D eigenvalue weighted by atomic mass is 32.1. The molecule has 5 aromatic carbocycles. The van der Waals surface area contributed by atoms with Crippen LogP contribution in [0, 0.1) is 0 Å². The van der Waals surface area contributed by atoms with Crippen molar-refractivity contribution in [1.29, 1.82) is 0 Å². The molecule has 0 unspecified atom stereocenters. The maximum absolute atomic E-state index is 4.56. The molecule has 3 heterocycles. The molecule has 0 amide bonds. The average molecular weight is 451 g/mol. The number of nitrogens with zero attached hydrogens (tertiary/aromatic N) is 1. The molecule has 0 atom stereocenters. The van der Waals surface area contributed by atoms with Crippen LogP contribution >= 0.6 is 11.3 Å². The van der Waals surface area contributed by atoms with E-state index >= 15 is 0 Å². The number of nitrogens with one attached hydrogen (secondary N) is 1. The van der Waals surface area contributed by atoms with Crippen molar-refractivity contribution in [2.45, 2.75) is 0 Å². The third kappa shape index (κ3) is 2.42. The van der Waals surface area contributed by atoms with E-state index in [2.05, 4.69) is 94.9 Å². The normalized spacial score (nSPS) is 12.1. The predicted molar refractivity (Wildman–Crippen MR) is 147 cm³/mol. The molecular formula is C31H18N2S. The van der Waals surface area contributed by atoms with Gasteiger partial charge in [0.1, 0.15) is 0 Å². The van der Waals surface area contributed by atoms with Gasteiger partial charge in [-0.1, -0.05) is 60.7 Å². The second-order valence-electron chi connectivity index (χ2n) is 8.89. The van der Waals surface area contributed by atoms with Crippen LogP contribution in [0.1, 0.15) is 0 Å². The van der Waals surface area contributed by atoms with Crippen LogP contribution in [0.3, 0.4) is 0 Å². The Balaban J connectivity index is 1.52. The summed E-state index contributed by atoms with van der Waals surface area (Å²) in [5.74, 6) is 0. The molecule has 34 heavy (non-hydrogen) atoms. The van der Waals surface area contributed by atoms with E-state index in [1.54, 1.807) is 0 Å². The maximum atomic E-state index is 4.56. The molecule has 0 spiro atoms. The quantitative estimate of drug-likeness (QED) is 0.248. The third-order valence-corrected chi connectivity index (χ3v) is 8.17. The lowest BCUT2D eigenvalue weighted by Gasteiger charge is -2.07. The second-order valence-corrected chi connectivity index (χ2v) is 9.97. The number of aromatic amines is 1. The van der Waals surface area contributed by atoms with Crippen LogP contribution in [0.4, 0.5) is 0 Å². The summed E-state index contributed by atoms with van der Waals surface area (Å²) in [6.45, 7) is 0. The van der Waals surface area contributed by atoms with E-state index < -0.39 is 0 Å². The van der Waals surface area contributed by atoms with E-state index in [-0.39, 0.29) is 0 Å². The number of rotatable bonds is 1. The van der Waals surface area contributed by atoms with Gasteiger partial charge in [0.2, 0.25) is 0 Å². The standard InChI is InChI=1S/C31H18N2S/c1-3-9-21-19(7-1)20-8-2-4-10-22(20)31-30(21)25-16-24-23-15-18(26-11-5-6-14-32-26)12-13-28(23)34-29(24)17-27(25)33-31/h1-17,33H. The number of aromatic nitrogens is 2. The SMILES string of the molecule is c1ccc(-c2ccc3sc4cc5[nH]c6c7ccccc7c7ccccc7c6c5cc4c3c2)nc1. The summed E-state index contributed by atoms with van der Waals surface area (Å²) in [4.78, 5) is 8.35. The van der Waals surface area contributed by atoms with Gasteiger partial charge in [0, 0.05) is 53.6 Å². The van der Waals surface area contributed by atoms with Crippen LogP contribution in [0.5, 0.6) is 0 Å². The van der Waals surface area contributed by atoms with E-state index in [9.17, 15) is 0 Å². The first-order chi connectivity index (χ1) is 16.8. The molecule has 8 aromatic rings. The monoisotopic (exact) mass is 450 g/mol. The van der Waals surface area contributed by atoms with E-state index in [4.69, 9.17) is 0 Å². The Morgan fingerprint density at radius 1 is 0.559 bits per heavy atom. The van der Waals surface area contributed by atoms with Gasteiger partial charge in [0.25, 0.3) is 0 Å². The molecule has 1 N–H and O–H groups in total. The first kappa shape index (κ1) is 18.2. The fraction of sp³-hybridized carbons (Fsp3) is 0. The largest absolute Gasteiger partial charge is 0.354 e. The van der Waals surface area contributed by atoms with Gasteiger partial charge in [-0.25, -0.2) is 0 Å². The van der Waals surface area contributed by atoms with Crippen molar-refractivity contribution in [3.63, 3.8) is 0 Å². The maximum Gasteiger partial charge on any atom is 0.0702 e. The lowest BCUT2D eigenvalue weighted by molar-refractivity contribution is 1.33. The lowest BCUT2D eigenvalue weighted by Crippen LogP contribution is -1.81. The van der Waals surface area contributed by atoms with Gasteiger partial charge in [0.15, 0.2) is 0 Å². The molecule has 0 radical (unpaired) electrons. The van der Waals surface area contributed by atoms with Crippen molar-refractivity contribution in [1.82, 2.24) is 9.97 Å².